The molecule has 0 aliphatic carbocycles. The molecule has 1 unspecified atom stereocenters. The summed E-state index contributed by atoms with van der Waals surface area (Å²) in [5.74, 6) is 2.13. The second-order valence-electron chi connectivity index (χ2n) is 5.14. The topological polar surface area (TPSA) is 44.4 Å². The number of nitrogens with zero attached hydrogens (tertiary/aromatic N) is 1. The van der Waals surface area contributed by atoms with Crippen LogP contribution in [0.1, 0.15) is 13.3 Å². The number of carbonyl (C=O) groups is 1. The molecule has 1 aromatic rings. The Morgan fingerprint density at radius 3 is 2.90 bits per heavy atom. The molecule has 0 spiro atoms. The van der Waals surface area contributed by atoms with Gasteiger partial charge in [0.05, 0.1) is 6.04 Å². The highest BCUT2D eigenvalue weighted by Gasteiger charge is 2.20. The minimum absolute atomic E-state index is 0.0137. The van der Waals surface area contributed by atoms with Gasteiger partial charge in [-0.1, -0.05) is 18.2 Å². The molecule has 116 valence electrons. The molecule has 1 heterocycles. The van der Waals surface area contributed by atoms with Crippen molar-refractivity contribution in [1.29, 1.82) is 0 Å². The molecule has 0 radical (unpaired) electrons. The van der Waals surface area contributed by atoms with Crippen molar-refractivity contribution in [1.82, 2.24) is 10.6 Å². The lowest BCUT2D eigenvalue weighted by molar-refractivity contribution is -0.122. The predicted octanol–water partition coefficient (Wildman–Crippen LogP) is 1.72. The molecule has 5 heteroatoms. The van der Waals surface area contributed by atoms with Gasteiger partial charge in [0.2, 0.25) is 5.91 Å². The molecule has 0 aromatic heterocycles. The van der Waals surface area contributed by atoms with Gasteiger partial charge in [0.1, 0.15) is 0 Å². The molecule has 4 nitrogen and oxygen atoms in total. The lowest BCUT2D eigenvalue weighted by Gasteiger charge is -2.24. The highest BCUT2D eigenvalue weighted by molar-refractivity contribution is 7.99. The number of benzene rings is 1. The highest BCUT2D eigenvalue weighted by atomic mass is 32.2. The van der Waals surface area contributed by atoms with Gasteiger partial charge >= 0.3 is 0 Å². The number of hydrogen-bond acceptors (Lipinski definition) is 4. The van der Waals surface area contributed by atoms with E-state index in [9.17, 15) is 4.79 Å². The summed E-state index contributed by atoms with van der Waals surface area (Å²) in [6, 6.07) is 10.4. The summed E-state index contributed by atoms with van der Waals surface area (Å²) in [5, 5.41) is 6.30. The third-order valence-corrected chi connectivity index (χ3v) is 4.71. The van der Waals surface area contributed by atoms with Crippen molar-refractivity contribution in [3.05, 3.63) is 30.3 Å². The Morgan fingerprint density at radius 2 is 2.24 bits per heavy atom. The molecular weight excluding hydrogens is 282 g/mol. The van der Waals surface area contributed by atoms with Gasteiger partial charge in [0, 0.05) is 43.4 Å². The number of carbonyl (C=O) groups excluding carboxylic acids is 1. The highest BCUT2D eigenvalue weighted by Crippen LogP contribution is 2.12. The number of para-hydroxylation sites is 1. The Morgan fingerprint density at radius 1 is 1.43 bits per heavy atom. The van der Waals surface area contributed by atoms with E-state index in [1.807, 2.05) is 17.8 Å². The summed E-state index contributed by atoms with van der Waals surface area (Å²) in [4.78, 5) is 14.3. The van der Waals surface area contributed by atoms with Crippen LogP contribution in [0.2, 0.25) is 0 Å². The molecule has 1 atom stereocenters. The maximum absolute atomic E-state index is 12.0. The maximum Gasteiger partial charge on any atom is 0.237 e. The third-order valence-electron chi connectivity index (χ3n) is 3.65. The quantitative estimate of drug-likeness (QED) is 0.753. The Hall–Kier alpha value is -1.20. The van der Waals surface area contributed by atoms with Crippen molar-refractivity contribution < 1.29 is 4.79 Å². The summed E-state index contributed by atoms with van der Waals surface area (Å²) >= 11 is 1.84. The molecule has 21 heavy (non-hydrogen) atoms. The fourth-order valence-corrected chi connectivity index (χ4v) is 3.38. The number of rotatable bonds is 7. The minimum Gasteiger partial charge on any atom is -0.372 e. The smallest absolute Gasteiger partial charge is 0.237 e. The van der Waals surface area contributed by atoms with Gasteiger partial charge in [0.25, 0.3) is 0 Å². The van der Waals surface area contributed by atoms with Crippen LogP contribution in [0.3, 0.4) is 0 Å². The molecule has 2 N–H and O–H groups in total. The number of thioether (sulfide) groups is 1. The first-order chi connectivity index (χ1) is 10.3. The standard InChI is InChI=1S/C16H25N3OS/c1-2-19(14-7-4-3-5-8-14)11-6-9-18-16(20)15-13-21-12-10-17-15/h3-5,7-8,15,17H,2,6,9-13H2,1H3,(H,18,20). The fraction of sp³-hybridized carbons (Fsp3) is 0.562. The zero-order chi connectivity index (χ0) is 14.9. The zero-order valence-corrected chi connectivity index (χ0v) is 13.5. The van der Waals surface area contributed by atoms with Crippen molar-refractivity contribution in [3.8, 4) is 0 Å². The van der Waals surface area contributed by atoms with Gasteiger partial charge in [-0.15, -0.1) is 0 Å². The van der Waals surface area contributed by atoms with Crippen LogP contribution in [0.25, 0.3) is 0 Å². The van der Waals surface area contributed by atoms with E-state index in [4.69, 9.17) is 0 Å². The largest absolute Gasteiger partial charge is 0.372 e. The monoisotopic (exact) mass is 307 g/mol. The number of anilines is 1. The lowest BCUT2D eigenvalue weighted by Crippen LogP contribution is -2.49. The first kappa shape index (κ1) is 16.2. The number of amides is 1. The summed E-state index contributed by atoms with van der Waals surface area (Å²) in [6.07, 6.45) is 0.967. The van der Waals surface area contributed by atoms with Gasteiger partial charge < -0.3 is 15.5 Å². The summed E-state index contributed by atoms with van der Waals surface area (Å²) in [7, 11) is 0. The first-order valence-electron chi connectivity index (χ1n) is 7.70. The van der Waals surface area contributed by atoms with Gasteiger partial charge in [-0.05, 0) is 25.5 Å². The third kappa shape index (κ3) is 5.25. The maximum atomic E-state index is 12.0. The zero-order valence-electron chi connectivity index (χ0n) is 12.7. The Kier molecular flexibility index (Phi) is 6.89. The van der Waals surface area contributed by atoms with E-state index < -0.39 is 0 Å². The van der Waals surface area contributed by atoms with Crippen molar-refractivity contribution in [2.45, 2.75) is 19.4 Å². The van der Waals surface area contributed by atoms with Crippen LogP contribution in [0.5, 0.6) is 0 Å². The first-order valence-corrected chi connectivity index (χ1v) is 8.85. The number of nitrogens with one attached hydrogen (secondary N) is 2. The van der Waals surface area contributed by atoms with Gasteiger partial charge in [-0.2, -0.15) is 11.8 Å². The van der Waals surface area contributed by atoms with Crippen molar-refractivity contribution in [2.75, 3.05) is 42.6 Å². The van der Waals surface area contributed by atoms with E-state index in [1.54, 1.807) is 0 Å². The van der Waals surface area contributed by atoms with Crippen LogP contribution in [-0.4, -0.2) is 49.6 Å². The van der Waals surface area contributed by atoms with Crippen LogP contribution in [0.15, 0.2) is 30.3 Å². The second-order valence-corrected chi connectivity index (χ2v) is 6.29. The predicted molar refractivity (Wildman–Crippen MR) is 91.1 cm³/mol. The van der Waals surface area contributed by atoms with Crippen LogP contribution < -0.4 is 15.5 Å². The molecular formula is C16H25N3OS. The van der Waals surface area contributed by atoms with Crippen LogP contribution in [0.4, 0.5) is 5.69 Å². The van der Waals surface area contributed by atoms with E-state index in [1.165, 1.54) is 5.69 Å². The second kappa shape index (κ2) is 8.95. The van der Waals surface area contributed by atoms with Gasteiger partial charge in [0.15, 0.2) is 0 Å². The normalized spacial score (nSPS) is 18.2. The molecule has 1 amide bonds. The molecule has 0 saturated carbocycles. The minimum atomic E-state index is -0.0137. The molecule has 1 saturated heterocycles. The van der Waals surface area contributed by atoms with Gasteiger partial charge in [-0.25, -0.2) is 0 Å². The van der Waals surface area contributed by atoms with Crippen molar-refractivity contribution in [3.63, 3.8) is 0 Å². The lowest BCUT2D eigenvalue weighted by atomic mass is 10.2. The van der Waals surface area contributed by atoms with E-state index in [0.29, 0.717) is 0 Å². The molecule has 0 bridgehead atoms. The van der Waals surface area contributed by atoms with E-state index in [0.717, 1.165) is 44.1 Å². The van der Waals surface area contributed by atoms with Crippen LogP contribution in [0, 0.1) is 0 Å². The molecule has 1 aliphatic rings. The van der Waals surface area contributed by atoms with Crippen molar-refractivity contribution >= 4 is 23.4 Å². The van der Waals surface area contributed by atoms with E-state index in [2.05, 4.69) is 46.7 Å². The Labute approximate surface area is 131 Å². The van der Waals surface area contributed by atoms with E-state index in [-0.39, 0.29) is 11.9 Å². The summed E-state index contributed by atoms with van der Waals surface area (Å²) in [6.45, 7) is 5.78. The van der Waals surface area contributed by atoms with E-state index >= 15 is 0 Å². The number of hydrogen-bond donors (Lipinski definition) is 2. The molecule has 1 aromatic carbocycles. The Bertz CT molecular complexity index is 421. The average molecular weight is 307 g/mol. The fourth-order valence-electron chi connectivity index (χ4n) is 2.45. The summed E-state index contributed by atoms with van der Waals surface area (Å²) < 4.78 is 0. The molecule has 1 aliphatic heterocycles. The molecule has 2 rings (SSSR count). The van der Waals surface area contributed by atoms with Gasteiger partial charge in [-0.3, -0.25) is 4.79 Å². The van der Waals surface area contributed by atoms with Crippen LogP contribution >= 0.6 is 11.8 Å². The average Bonchev–Trinajstić information content (AvgIpc) is 2.56. The SMILES string of the molecule is CCN(CCCNC(=O)C1CSCCN1)c1ccccc1. The molecule has 1 fully saturated rings. The summed E-state index contributed by atoms with van der Waals surface area (Å²) in [5.41, 5.74) is 1.25. The van der Waals surface area contributed by atoms with Crippen molar-refractivity contribution in [2.24, 2.45) is 0 Å². The van der Waals surface area contributed by atoms with Crippen LogP contribution in [-0.2, 0) is 4.79 Å². The Balaban J connectivity index is 1.67.